The molecule has 0 bridgehead atoms. The Hall–Kier alpha value is -3.93. The number of nitrogens with one attached hydrogen (secondary N) is 1. The molecule has 0 fully saturated rings. The number of hydrogen-bond acceptors (Lipinski definition) is 3. The standard InChI is InChI=1S/C28H29N3O3/c1-28(2,3)23-12-8-20(9-13-23)19-30(27(32)21-10-14-24(15-11-21)31(33)34)17-16-22-18-29-26-7-5-4-6-25(22)26/h4-15,18,29H,16-17,19H2,1-3H3. The fourth-order valence-electron chi connectivity index (χ4n) is 4.09. The van der Waals surface area contributed by atoms with Gasteiger partial charge in [-0.25, -0.2) is 0 Å². The van der Waals surface area contributed by atoms with Gasteiger partial charge in [0.25, 0.3) is 11.6 Å². The minimum absolute atomic E-state index is 0.0281. The van der Waals surface area contributed by atoms with E-state index in [0.29, 0.717) is 25.1 Å². The lowest BCUT2D eigenvalue weighted by atomic mass is 9.87. The summed E-state index contributed by atoms with van der Waals surface area (Å²) < 4.78 is 0. The van der Waals surface area contributed by atoms with Crippen LogP contribution in [0.1, 0.15) is 47.8 Å². The average molecular weight is 456 g/mol. The Morgan fingerprint density at radius 1 is 0.971 bits per heavy atom. The Morgan fingerprint density at radius 2 is 1.65 bits per heavy atom. The van der Waals surface area contributed by atoms with Gasteiger partial charge in [-0.1, -0.05) is 63.2 Å². The summed E-state index contributed by atoms with van der Waals surface area (Å²) in [4.78, 5) is 29.1. The molecule has 6 nitrogen and oxygen atoms in total. The summed E-state index contributed by atoms with van der Waals surface area (Å²) in [6.07, 6.45) is 2.69. The van der Waals surface area contributed by atoms with Crippen molar-refractivity contribution < 1.29 is 9.72 Å². The third-order valence-corrected chi connectivity index (χ3v) is 6.13. The Bertz CT molecular complexity index is 1300. The highest BCUT2D eigenvalue weighted by atomic mass is 16.6. The molecule has 0 saturated heterocycles. The summed E-state index contributed by atoms with van der Waals surface area (Å²) in [5.41, 5.74) is 4.98. The fourth-order valence-corrected chi connectivity index (χ4v) is 4.09. The van der Waals surface area contributed by atoms with E-state index < -0.39 is 4.92 Å². The fraction of sp³-hybridized carbons (Fsp3) is 0.250. The van der Waals surface area contributed by atoms with Crippen LogP contribution in [0.5, 0.6) is 0 Å². The molecule has 1 heterocycles. The van der Waals surface area contributed by atoms with Crippen LogP contribution < -0.4 is 0 Å². The molecule has 1 N–H and O–H groups in total. The van der Waals surface area contributed by atoms with Gasteiger partial charge in [0.1, 0.15) is 0 Å². The SMILES string of the molecule is CC(C)(C)c1ccc(CN(CCc2c[nH]c3ccccc23)C(=O)c2ccc([N+](=O)[O-])cc2)cc1. The molecule has 174 valence electrons. The summed E-state index contributed by atoms with van der Waals surface area (Å²) in [6.45, 7) is 7.51. The molecular formula is C28H29N3O3. The first-order valence-corrected chi connectivity index (χ1v) is 11.4. The topological polar surface area (TPSA) is 79.2 Å². The highest BCUT2D eigenvalue weighted by Crippen LogP contribution is 2.24. The number of carbonyl (C=O) groups excluding carboxylic acids is 1. The lowest BCUT2D eigenvalue weighted by Gasteiger charge is -2.24. The van der Waals surface area contributed by atoms with Gasteiger partial charge in [0.2, 0.25) is 0 Å². The Morgan fingerprint density at radius 3 is 2.29 bits per heavy atom. The monoisotopic (exact) mass is 455 g/mol. The summed E-state index contributed by atoms with van der Waals surface area (Å²) in [5, 5.41) is 12.2. The number of H-pyrrole nitrogens is 1. The molecule has 0 aliphatic heterocycles. The van der Waals surface area contributed by atoms with Crippen molar-refractivity contribution >= 4 is 22.5 Å². The number of nitro benzene ring substituents is 1. The van der Waals surface area contributed by atoms with Gasteiger partial charge in [0.15, 0.2) is 0 Å². The first-order chi connectivity index (χ1) is 16.2. The number of nitro groups is 1. The average Bonchev–Trinajstić information content (AvgIpc) is 3.24. The van der Waals surface area contributed by atoms with Gasteiger partial charge in [-0.05, 0) is 46.7 Å². The normalized spacial score (nSPS) is 11.5. The van der Waals surface area contributed by atoms with Gasteiger partial charge >= 0.3 is 0 Å². The predicted octanol–water partition coefficient (Wildman–Crippen LogP) is 6.26. The van der Waals surface area contributed by atoms with Crippen molar-refractivity contribution in [1.29, 1.82) is 0 Å². The van der Waals surface area contributed by atoms with Crippen LogP contribution in [-0.2, 0) is 18.4 Å². The maximum atomic E-state index is 13.4. The molecular weight excluding hydrogens is 426 g/mol. The smallest absolute Gasteiger partial charge is 0.269 e. The quantitative estimate of drug-likeness (QED) is 0.264. The van der Waals surface area contributed by atoms with Crippen molar-refractivity contribution in [2.75, 3.05) is 6.54 Å². The third kappa shape index (κ3) is 5.17. The number of para-hydroxylation sites is 1. The number of aromatic amines is 1. The number of benzene rings is 3. The van der Waals surface area contributed by atoms with Gasteiger partial charge in [-0.2, -0.15) is 0 Å². The number of fused-ring (bicyclic) bond motifs is 1. The van der Waals surface area contributed by atoms with Crippen LogP contribution >= 0.6 is 0 Å². The lowest BCUT2D eigenvalue weighted by molar-refractivity contribution is -0.384. The van der Waals surface area contributed by atoms with Crippen LogP contribution in [0.3, 0.4) is 0 Å². The van der Waals surface area contributed by atoms with E-state index in [2.05, 4.69) is 56.1 Å². The first-order valence-electron chi connectivity index (χ1n) is 11.4. The highest BCUT2D eigenvalue weighted by Gasteiger charge is 2.19. The molecule has 34 heavy (non-hydrogen) atoms. The Balaban J connectivity index is 1.58. The van der Waals surface area contributed by atoms with Crippen LogP contribution in [0.2, 0.25) is 0 Å². The summed E-state index contributed by atoms with van der Waals surface area (Å²) in [6, 6.07) is 22.3. The maximum Gasteiger partial charge on any atom is 0.269 e. The van der Waals surface area contributed by atoms with Gasteiger partial charge in [0, 0.05) is 47.9 Å². The number of rotatable bonds is 7. The molecule has 1 aromatic heterocycles. The Kier molecular flexibility index (Phi) is 6.50. The van der Waals surface area contributed by atoms with Crippen LogP contribution in [0.4, 0.5) is 5.69 Å². The number of non-ortho nitro benzene ring substituents is 1. The molecule has 1 amide bonds. The molecule has 4 rings (SSSR count). The number of carbonyl (C=O) groups is 1. The lowest BCUT2D eigenvalue weighted by Crippen LogP contribution is -2.32. The van der Waals surface area contributed by atoms with Crippen LogP contribution in [0.15, 0.2) is 79.0 Å². The minimum Gasteiger partial charge on any atom is -0.361 e. The van der Waals surface area contributed by atoms with Crippen molar-refractivity contribution in [3.63, 3.8) is 0 Å². The zero-order valence-corrected chi connectivity index (χ0v) is 19.7. The number of nitrogens with zero attached hydrogens (tertiary/aromatic N) is 2. The highest BCUT2D eigenvalue weighted by molar-refractivity contribution is 5.94. The zero-order chi connectivity index (χ0) is 24.3. The second-order valence-electron chi connectivity index (χ2n) is 9.59. The largest absolute Gasteiger partial charge is 0.361 e. The van der Waals surface area contributed by atoms with E-state index in [1.807, 2.05) is 29.3 Å². The third-order valence-electron chi connectivity index (χ3n) is 6.13. The first kappa shape index (κ1) is 23.2. The van der Waals surface area contributed by atoms with Crippen LogP contribution in [-0.4, -0.2) is 27.3 Å². The van der Waals surface area contributed by atoms with E-state index in [4.69, 9.17) is 0 Å². The van der Waals surface area contributed by atoms with Crippen LogP contribution in [0.25, 0.3) is 10.9 Å². The second kappa shape index (κ2) is 9.51. The van der Waals surface area contributed by atoms with E-state index >= 15 is 0 Å². The molecule has 3 aromatic carbocycles. The van der Waals surface area contributed by atoms with Gasteiger partial charge in [-0.15, -0.1) is 0 Å². The molecule has 0 aliphatic carbocycles. The Labute approximate surface area is 199 Å². The predicted molar refractivity (Wildman–Crippen MR) is 135 cm³/mol. The summed E-state index contributed by atoms with van der Waals surface area (Å²) >= 11 is 0. The van der Waals surface area contributed by atoms with E-state index in [9.17, 15) is 14.9 Å². The van der Waals surface area contributed by atoms with Gasteiger partial charge in [-0.3, -0.25) is 14.9 Å². The van der Waals surface area contributed by atoms with Crippen molar-refractivity contribution in [3.8, 4) is 0 Å². The summed E-state index contributed by atoms with van der Waals surface area (Å²) in [7, 11) is 0. The van der Waals surface area contributed by atoms with Gasteiger partial charge < -0.3 is 9.88 Å². The molecule has 0 radical (unpaired) electrons. The zero-order valence-electron chi connectivity index (χ0n) is 19.7. The van der Waals surface area contributed by atoms with Crippen molar-refractivity contribution in [1.82, 2.24) is 9.88 Å². The van der Waals surface area contributed by atoms with Crippen LogP contribution in [0, 0.1) is 10.1 Å². The minimum atomic E-state index is -0.459. The van der Waals surface area contributed by atoms with E-state index in [0.717, 1.165) is 22.0 Å². The molecule has 4 aromatic rings. The van der Waals surface area contributed by atoms with Gasteiger partial charge in [0.05, 0.1) is 4.92 Å². The molecule has 0 unspecified atom stereocenters. The number of hydrogen-bond donors (Lipinski definition) is 1. The molecule has 0 atom stereocenters. The second-order valence-corrected chi connectivity index (χ2v) is 9.59. The van der Waals surface area contributed by atoms with E-state index in [1.165, 1.54) is 29.8 Å². The molecule has 0 aliphatic rings. The molecule has 0 saturated carbocycles. The van der Waals surface area contributed by atoms with E-state index in [1.54, 1.807) is 0 Å². The number of aromatic nitrogens is 1. The summed E-state index contributed by atoms with van der Waals surface area (Å²) in [5.74, 6) is -0.144. The molecule has 6 heteroatoms. The van der Waals surface area contributed by atoms with Crippen molar-refractivity contribution in [3.05, 3.63) is 111 Å². The van der Waals surface area contributed by atoms with Crippen molar-refractivity contribution in [2.24, 2.45) is 0 Å². The maximum absolute atomic E-state index is 13.4. The van der Waals surface area contributed by atoms with Crippen molar-refractivity contribution in [2.45, 2.75) is 39.2 Å². The number of amides is 1. The molecule has 0 spiro atoms. The van der Waals surface area contributed by atoms with E-state index in [-0.39, 0.29) is 17.0 Å².